The van der Waals surface area contributed by atoms with Crippen molar-refractivity contribution in [3.8, 4) is 0 Å². The largest absolute Gasteiger partial charge is 0.462 e. The van der Waals surface area contributed by atoms with Crippen LogP contribution in [0.4, 0.5) is 0 Å². The van der Waals surface area contributed by atoms with Crippen LogP contribution in [0.15, 0.2) is 121 Å². The van der Waals surface area contributed by atoms with E-state index in [1.807, 2.05) is 97.0 Å². The number of carbonyl (C=O) groups excluding carboxylic acids is 1. The molecule has 0 saturated carbocycles. The van der Waals surface area contributed by atoms with Gasteiger partial charge < -0.3 is 56.6 Å². The lowest BCUT2D eigenvalue weighted by molar-refractivity contribution is -0.256. The van der Waals surface area contributed by atoms with Gasteiger partial charge in [-0.25, -0.2) is 0 Å². The molecule has 8 rings (SSSR count). The smallest absolute Gasteiger partial charge is 0.311 e. The fourth-order valence-corrected chi connectivity index (χ4v) is 20.2. The number of aliphatic hydroxyl groups is 1. The fraction of sp³-hybridized carbons (Fsp3) is 0.561. The Morgan fingerprint density at radius 1 is 0.500 bits per heavy atom. The van der Waals surface area contributed by atoms with E-state index in [0.717, 1.165) is 20.7 Å². The number of ether oxygens (including phenoxy) is 9. The van der Waals surface area contributed by atoms with Crippen LogP contribution in [0.5, 0.6) is 0 Å². The maximum Gasteiger partial charge on any atom is 0.311 e. The molecule has 0 amide bonds. The summed E-state index contributed by atoms with van der Waals surface area (Å²) in [5, 5.41) is 14.7. The third-order valence-corrected chi connectivity index (χ3v) is 24.2. The fourth-order valence-electron chi connectivity index (χ4n) is 11.0. The first kappa shape index (κ1) is 56.1. The van der Waals surface area contributed by atoms with Gasteiger partial charge in [-0.3, -0.25) is 4.79 Å². The molecule has 13 nitrogen and oxygen atoms in total. The topological polar surface area (TPSA) is 139 Å². The molecule has 0 bridgehead atoms. The van der Waals surface area contributed by atoms with E-state index in [-0.39, 0.29) is 42.5 Å². The van der Waals surface area contributed by atoms with Crippen LogP contribution in [-0.2, 0) is 56.3 Å². The molecule has 1 N–H and O–H groups in total. The zero-order valence-corrected chi connectivity index (χ0v) is 47.2. The van der Waals surface area contributed by atoms with E-state index >= 15 is 0 Å². The Labute approximate surface area is 430 Å². The Kier molecular flexibility index (Phi) is 16.5. The van der Waals surface area contributed by atoms with Crippen LogP contribution >= 0.6 is 0 Å². The molecule has 72 heavy (non-hydrogen) atoms. The van der Waals surface area contributed by atoms with Gasteiger partial charge in [-0.1, -0.05) is 163 Å². The molecule has 4 saturated heterocycles. The van der Waals surface area contributed by atoms with Crippen LogP contribution in [0.2, 0.25) is 10.1 Å². The Balaban J connectivity index is 0.000000214. The minimum atomic E-state index is -2.92. The third-order valence-electron chi connectivity index (χ3n) is 14.2. The molecule has 0 aliphatic carbocycles. The molecule has 4 aromatic rings. The maximum absolute atomic E-state index is 12.9. The van der Waals surface area contributed by atoms with Gasteiger partial charge in [0.05, 0.1) is 25.2 Å². The van der Waals surface area contributed by atoms with Gasteiger partial charge in [0.1, 0.15) is 36.6 Å². The molecular weight excluding hydrogens is 949 g/mol. The van der Waals surface area contributed by atoms with Gasteiger partial charge in [-0.2, -0.15) is 0 Å². The first-order valence-corrected chi connectivity index (χ1v) is 29.0. The standard InChI is InChI=1S/C31H44O7Si.C26H36O6Si/c1-28(2,3)27(32)34-20-31(25(33-9)24-26(38-31)37-30(7,8)36-24)21-35-39(29(4,5)6,22-16-12-10-13-17-22)23-18-14-11-15-19-23;1-24(2,3)33(19-13-9-7-10-14-19,20-15-11-8-12-16-20)29-18-26(17-27)22(28-6)21-23(32-26)31-25(4,5)30-21/h10-19,24-26H,20-21H2,1-9H3;7-16,21-23,27H,17-18H2,1-6H3/t24-,25+,26+,31-;21-,22+,23+,26-/m11/s1. The van der Waals surface area contributed by atoms with Crippen molar-refractivity contribution in [2.45, 2.75) is 160 Å². The summed E-state index contributed by atoms with van der Waals surface area (Å²) >= 11 is 0. The second-order valence-electron chi connectivity index (χ2n) is 23.5. The predicted molar refractivity (Wildman–Crippen MR) is 282 cm³/mol. The zero-order valence-electron chi connectivity index (χ0n) is 45.2. The summed E-state index contributed by atoms with van der Waals surface area (Å²) in [6.07, 6.45) is -3.37. The van der Waals surface area contributed by atoms with E-state index in [2.05, 4.69) is 114 Å². The van der Waals surface area contributed by atoms with Crippen molar-refractivity contribution in [1.82, 2.24) is 0 Å². The van der Waals surface area contributed by atoms with Crippen molar-refractivity contribution in [2.75, 3.05) is 40.6 Å². The molecule has 394 valence electrons. The summed E-state index contributed by atoms with van der Waals surface area (Å²) < 4.78 is 69.3. The van der Waals surface area contributed by atoms with Gasteiger partial charge in [0.25, 0.3) is 16.6 Å². The highest BCUT2D eigenvalue weighted by Gasteiger charge is 2.66. The average Bonchev–Trinajstić information content (AvgIpc) is 3.98. The lowest BCUT2D eigenvalue weighted by Gasteiger charge is -2.45. The summed E-state index contributed by atoms with van der Waals surface area (Å²) in [6, 6.07) is 41.6. The van der Waals surface area contributed by atoms with Crippen LogP contribution in [0, 0.1) is 5.41 Å². The summed E-state index contributed by atoms with van der Waals surface area (Å²) in [5.74, 6) is -1.92. The molecular formula is C57H80O13Si2. The molecule has 4 aliphatic heterocycles. The third kappa shape index (κ3) is 10.9. The minimum absolute atomic E-state index is 0.0556. The molecule has 4 aliphatic rings. The Morgan fingerprint density at radius 2 is 0.819 bits per heavy atom. The van der Waals surface area contributed by atoms with Gasteiger partial charge in [0.15, 0.2) is 29.8 Å². The lowest BCUT2D eigenvalue weighted by Crippen LogP contribution is -2.68. The second-order valence-corrected chi connectivity index (χ2v) is 32.1. The lowest BCUT2D eigenvalue weighted by atomic mass is 9.95. The van der Waals surface area contributed by atoms with Crippen molar-refractivity contribution >= 4 is 43.4 Å². The molecule has 4 heterocycles. The van der Waals surface area contributed by atoms with Crippen LogP contribution in [0.25, 0.3) is 0 Å². The van der Waals surface area contributed by atoms with Crippen molar-refractivity contribution < 1.29 is 61.4 Å². The highest BCUT2D eigenvalue weighted by molar-refractivity contribution is 7.00. The number of hydrogen-bond acceptors (Lipinski definition) is 13. The van der Waals surface area contributed by atoms with Gasteiger partial charge >= 0.3 is 5.97 Å². The molecule has 15 heteroatoms. The van der Waals surface area contributed by atoms with Crippen molar-refractivity contribution in [1.29, 1.82) is 0 Å². The molecule has 0 aromatic heterocycles. The molecule has 8 atom stereocenters. The Bertz CT molecular complexity index is 2310. The average molecular weight is 1030 g/mol. The highest BCUT2D eigenvalue weighted by Crippen LogP contribution is 2.47. The van der Waals surface area contributed by atoms with Gasteiger partial charge in [0.2, 0.25) is 0 Å². The zero-order chi connectivity index (χ0) is 52.6. The number of methoxy groups -OCH3 is 2. The van der Waals surface area contributed by atoms with Crippen LogP contribution in [0.3, 0.4) is 0 Å². The predicted octanol–water partition coefficient (Wildman–Crippen LogP) is 7.23. The minimum Gasteiger partial charge on any atom is -0.462 e. The normalized spacial score (nSPS) is 27.9. The van der Waals surface area contributed by atoms with E-state index in [1.54, 1.807) is 14.2 Å². The van der Waals surface area contributed by atoms with E-state index in [9.17, 15) is 9.90 Å². The van der Waals surface area contributed by atoms with Crippen molar-refractivity contribution in [3.63, 3.8) is 0 Å². The van der Waals surface area contributed by atoms with Crippen LogP contribution in [0.1, 0.15) is 90.0 Å². The SMILES string of the molecule is CO[C@H]1[C@H]2OC(C)(C)O[C@H]2O[C@]1(CO)CO[Si](c1ccccc1)(c1ccccc1)C(C)(C)C.CO[C@H]1[C@H]2OC(C)(C)O[C@H]2O[C@]1(COC(=O)C(C)(C)C)CO[Si](c1ccccc1)(c1ccccc1)C(C)(C)C. The number of fused-ring (bicyclic) bond motifs is 2. The van der Waals surface area contributed by atoms with Crippen LogP contribution in [-0.4, -0.2) is 128 Å². The first-order chi connectivity index (χ1) is 33.7. The van der Waals surface area contributed by atoms with Gasteiger partial charge in [0, 0.05) is 14.2 Å². The Hall–Kier alpha value is -3.66. The van der Waals surface area contributed by atoms with Gasteiger partial charge in [-0.15, -0.1) is 0 Å². The molecule has 0 unspecified atom stereocenters. The molecule has 0 spiro atoms. The summed E-state index contributed by atoms with van der Waals surface area (Å²) in [5.41, 5.74) is -2.92. The number of hydrogen-bond donors (Lipinski definition) is 1. The number of rotatable bonds is 15. The van der Waals surface area contributed by atoms with Gasteiger partial charge in [-0.05, 0) is 79.3 Å². The number of carbonyl (C=O) groups is 1. The number of esters is 1. The molecule has 4 aromatic carbocycles. The maximum atomic E-state index is 12.9. The number of aliphatic hydroxyl groups excluding tert-OH is 1. The van der Waals surface area contributed by atoms with E-state index in [1.165, 1.54) is 0 Å². The van der Waals surface area contributed by atoms with Crippen molar-refractivity contribution in [3.05, 3.63) is 121 Å². The molecule has 0 radical (unpaired) electrons. The summed E-state index contributed by atoms with van der Waals surface area (Å²) in [4.78, 5) is 12.9. The van der Waals surface area contributed by atoms with E-state index < -0.39 is 81.8 Å². The van der Waals surface area contributed by atoms with Crippen LogP contribution < -0.4 is 20.7 Å². The summed E-state index contributed by atoms with van der Waals surface area (Å²) in [6.45, 7) is 26.1. The first-order valence-electron chi connectivity index (χ1n) is 25.1. The van der Waals surface area contributed by atoms with E-state index in [4.69, 9.17) is 51.5 Å². The Morgan fingerprint density at radius 3 is 1.12 bits per heavy atom. The van der Waals surface area contributed by atoms with E-state index in [0.29, 0.717) is 0 Å². The monoisotopic (exact) mass is 1030 g/mol. The molecule has 4 fully saturated rings. The highest BCUT2D eigenvalue weighted by atomic mass is 28.4. The van der Waals surface area contributed by atoms with Crippen molar-refractivity contribution in [2.24, 2.45) is 5.41 Å². The quantitative estimate of drug-likeness (QED) is 0.0948. The number of benzene rings is 4. The summed E-state index contributed by atoms with van der Waals surface area (Å²) in [7, 11) is -2.51. The second kappa shape index (κ2) is 21.2.